The molecule has 0 radical (unpaired) electrons. The van der Waals surface area contributed by atoms with Crippen LogP contribution in [0.3, 0.4) is 0 Å². The number of nitrogens with one attached hydrogen (secondary N) is 1. The van der Waals surface area contributed by atoms with Crippen LogP contribution in [0.4, 0.5) is 0 Å². The van der Waals surface area contributed by atoms with Gasteiger partial charge in [0.1, 0.15) is 10.9 Å². The molecule has 0 aliphatic carbocycles. The molecule has 0 amide bonds. The van der Waals surface area contributed by atoms with Crippen LogP contribution in [-0.2, 0) is 9.84 Å². The van der Waals surface area contributed by atoms with Crippen molar-refractivity contribution in [1.82, 2.24) is 5.32 Å². The van der Waals surface area contributed by atoms with E-state index in [4.69, 9.17) is 11.6 Å². The maximum absolute atomic E-state index is 12.4. The second-order valence-corrected chi connectivity index (χ2v) is 6.95. The zero-order valence-corrected chi connectivity index (χ0v) is 11.1. The van der Waals surface area contributed by atoms with Crippen molar-refractivity contribution in [1.29, 1.82) is 0 Å². The van der Waals surface area contributed by atoms with Gasteiger partial charge in [-0.3, -0.25) is 0 Å². The molecule has 3 N–H and O–H groups in total. The van der Waals surface area contributed by atoms with Crippen LogP contribution in [0.25, 0.3) is 0 Å². The van der Waals surface area contributed by atoms with Crippen LogP contribution in [-0.4, -0.2) is 49.2 Å². The quantitative estimate of drug-likeness (QED) is 0.718. The number of aliphatic hydroxyl groups excluding tert-OH is 1. The Morgan fingerprint density at radius 1 is 1.39 bits per heavy atom. The summed E-state index contributed by atoms with van der Waals surface area (Å²) in [6.45, 7) is -0.430. The van der Waals surface area contributed by atoms with Crippen molar-refractivity contribution in [2.45, 2.75) is 15.7 Å². The van der Waals surface area contributed by atoms with Gasteiger partial charge in [0, 0.05) is 18.1 Å². The maximum atomic E-state index is 12.4. The first-order chi connectivity index (χ1) is 8.40. The lowest BCUT2D eigenvalue weighted by Crippen LogP contribution is -2.49. The predicted molar refractivity (Wildman–Crippen MR) is 67.3 cm³/mol. The number of benzene rings is 1. The van der Waals surface area contributed by atoms with Gasteiger partial charge >= 0.3 is 0 Å². The third kappa shape index (κ3) is 2.26. The Morgan fingerprint density at radius 3 is 2.56 bits per heavy atom. The summed E-state index contributed by atoms with van der Waals surface area (Å²) < 4.78 is 24.7. The molecule has 1 aliphatic heterocycles. The number of hydrogen-bond acceptors (Lipinski definition) is 5. The maximum Gasteiger partial charge on any atom is 0.185 e. The average molecular weight is 292 g/mol. The monoisotopic (exact) mass is 291 g/mol. The van der Waals surface area contributed by atoms with E-state index in [0.717, 1.165) is 0 Å². The van der Waals surface area contributed by atoms with E-state index >= 15 is 0 Å². The van der Waals surface area contributed by atoms with Gasteiger partial charge in [-0.05, 0) is 24.3 Å². The summed E-state index contributed by atoms with van der Waals surface area (Å²) in [4.78, 5) is 0.0903. The van der Waals surface area contributed by atoms with Gasteiger partial charge < -0.3 is 15.5 Å². The lowest BCUT2D eigenvalue weighted by molar-refractivity contribution is 0.00578. The molecular weight excluding hydrogens is 278 g/mol. The fourth-order valence-electron chi connectivity index (χ4n) is 2.07. The van der Waals surface area contributed by atoms with E-state index in [1.807, 2.05) is 0 Å². The first-order valence-corrected chi connectivity index (χ1v) is 7.36. The molecule has 1 heterocycles. The SMILES string of the molecule is O=S(=O)(c1ccc(Cl)cc1)[C@H]1CNC[C@@]1(O)CO. The standard InChI is InChI=1S/C11H14ClNO4S/c12-8-1-3-9(4-2-8)18(16,17)10-5-13-6-11(10,15)7-14/h1-4,10,13-15H,5-7H2/t10-,11+/m0/s1. The topological polar surface area (TPSA) is 86.6 Å². The van der Waals surface area contributed by atoms with E-state index < -0.39 is 27.3 Å². The minimum atomic E-state index is -3.71. The molecule has 0 bridgehead atoms. The van der Waals surface area contributed by atoms with Crippen molar-refractivity contribution in [2.75, 3.05) is 19.7 Å². The van der Waals surface area contributed by atoms with E-state index in [2.05, 4.69) is 5.32 Å². The fraction of sp³-hybridized carbons (Fsp3) is 0.455. The summed E-state index contributed by atoms with van der Waals surface area (Å²) in [6, 6.07) is 5.76. The highest BCUT2D eigenvalue weighted by Gasteiger charge is 2.48. The lowest BCUT2D eigenvalue weighted by Gasteiger charge is -2.26. The van der Waals surface area contributed by atoms with Gasteiger partial charge in [-0.2, -0.15) is 0 Å². The number of sulfone groups is 1. The van der Waals surface area contributed by atoms with Crippen LogP contribution in [0, 0.1) is 0 Å². The number of rotatable bonds is 3. The van der Waals surface area contributed by atoms with Crippen LogP contribution in [0.5, 0.6) is 0 Å². The average Bonchev–Trinajstić information content (AvgIpc) is 2.73. The molecule has 0 unspecified atom stereocenters. The molecular formula is C11H14ClNO4S. The van der Waals surface area contributed by atoms with Crippen molar-refractivity contribution >= 4 is 21.4 Å². The molecule has 1 saturated heterocycles. The van der Waals surface area contributed by atoms with Crippen LogP contribution >= 0.6 is 11.6 Å². The largest absolute Gasteiger partial charge is 0.393 e. The first-order valence-electron chi connectivity index (χ1n) is 5.43. The van der Waals surface area contributed by atoms with Crippen molar-refractivity contribution in [3.8, 4) is 0 Å². The normalized spacial score (nSPS) is 28.5. The number of hydrogen-bond donors (Lipinski definition) is 3. The molecule has 2 rings (SSSR count). The molecule has 5 nitrogen and oxygen atoms in total. The fourth-order valence-corrected chi connectivity index (χ4v) is 4.11. The van der Waals surface area contributed by atoms with Gasteiger partial charge in [0.15, 0.2) is 9.84 Å². The third-order valence-electron chi connectivity index (χ3n) is 3.15. The molecule has 1 aromatic rings. The smallest absolute Gasteiger partial charge is 0.185 e. The molecule has 7 heteroatoms. The van der Waals surface area contributed by atoms with Gasteiger partial charge in [-0.1, -0.05) is 11.6 Å². The Bertz CT molecular complexity index is 530. The molecule has 1 aromatic carbocycles. The minimum absolute atomic E-state index is 0.0565. The highest BCUT2D eigenvalue weighted by atomic mass is 35.5. The highest BCUT2D eigenvalue weighted by molar-refractivity contribution is 7.92. The molecule has 2 atom stereocenters. The number of β-amino-alcohol motifs (C(OH)–C–C–N with tert-alkyl or cyclic N) is 1. The second kappa shape index (κ2) is 4.79. The molecule has 18 heavy (non-hydrogen) atoms. The molecule has 0 aromatic heterocycles. The zero-order chi connectivity index (χ0) is 13.4. The minimum Gasteiger partial charge on any atom is -0.393 e. The highest BCUT2D eigenvalue weighted by Crippen LogP contribution is 2.28. The van der Waals surface area contributed by atoms with Gasteiger partial charge in [0.25, 0.3) is 0 Å². The van der Waals surface area contributed by atoms with Crippen LogP contribution in [0.2, 0.25) is 5.02 Å². The summed E-state index contributed by atoms with van der Waals surface area (Å²) >= 11 is 5.71. The lowest BCUT2D eigenvalue weighted by atomic mass is 10.1. The van der Waals surface area contributed by atoms with Crippen molar-refractivity contribution in [3.63, 3.8) is 0 Å². The molecule has 1 fully saturated rings. The Balaban J connectivity index is 2.40. The molecule has 0 saturated carbocycles. The molecule has 1 aliphatic rings. The van der Waals surface area contributed by atoms with E-state index in [-0.39, 0.29) is 18.0 Å². The zero-order valence-electron chi connectivity index (χ0n) is 9.51. The van der Waals surface area contributed by atoms with Crippen molar-refractivity contribution in [2.24, 2.45) is 0 Å². The number of aliphatic hydroxyl groups is 2. The van der Waals surface area contributed by atoms with Crippen molar-refractivity contribution in [3.05, 3.63) is 29.3 Å². The van der Waals surface area contributed by atoms with E-state index in [1.54, 1.807) is 0 Å². The Hall–Kier alpha value is -0.660. The Labute approximate surface area is 110 Å². The van der Waals surface area contributed by atoms with Gasteiger partial charge in [-0.15, -0.1) is 0 Å². The van der Waals surface area contributed by atoms with E-state index in [9.17, 15) is 18.6 Å². The first kappa shape index (κ1) is 13.8. The van der Waals surface area contributed by atoms with Gasteiger partial charge in [0.2, 0.25) is 0 Å². The second-order valence-electron chi connectivity index (χ2n) is 4.38. The third-order valence-corrected chi connectivity index (χ3v) is 5.69. The Morgan fingerprint density at radius 2 is 2.00 bits per heavy atom. The van der Waals surface area contributed by atoms with Gasteiger partial charge in [-0.25, -0.2) is 8.42 Å². The number of halogens is 1. The molecule has 100 valence electrons. The van der Waals surface area contributed by atoms with E-state index in [1.165, 1.54) is 24.3 Å². The summed E-state index contributed by atoms with van der Waals surface area (Å²) in [5.41, 5.74) is -1.64. The summed E-state index contributed by atoms with van der Waals surface area (Å²) in [6.07, 6.45) is 0. The summed E-state index contributed by atoms with van der Waals surface area (Å²) in [5, 5.41) is 21.4. The summed E-state index contributed by atoms with van der Waals surface area (Å²) in [7, 11) is -3.71. The Kier molecular flexibility index (Phi) is 3.66. The van der Waals surface area contributed by atoms with Crippen LogP contribution in [0.15, 0.2) is 29.2 Å². The van der Waals surface area contributed by atoms with E-state index in [0.29, 0.717) is 5.02 Å². The van der Waals surface area contributed by atoms with Crippen LogP contribution in [0.1, 0.15) is 0 Å². The summed E-state index contributed by atoms with van der Waals surface area (Å²) in [5.74, 6) is 0. The van der Waals surface area contributed by atoms with Gasteiger partial charge in [0.05, 0.1) is 11.5 Å². The predicted octanol–water partition coefficient (Wildman–Crippen LogP) is -0.191. The molecule has 0 spiro atoms. The van der Waals surface area contributed by atoms with Crippen LogP contribution < -0.4 is 5.32 Å². The van der Waals surface area contributed by atoms with Crippen molar-refractivity contribution < 1.29 is 18.6 Å².